The molecule has 4 heteroatoms. The van der Waals surface area contributed by atoms with Gasteiger partial charge in [0.25, 0.3) is 5.56 Å². The number of aromatic nitrogens is 1. The summed E-state index contributed by atoms with van der Waals surface area (Å²) in [4.78, 5) is 24.5. The first kappa shape index (κ1) is 18.4. The topological polar surface area (TPSA) is 39.1 Å². The summed E-state index contributed by atoms with van der Waals surface area (Å²) >= 11 is 3.59. The van der Waals surface area contributed by atoms with Crippen molar-refractivity contribution in [2.45, 2.75) is 65.2 Å². The minimum absolute atomic E-state index is 0.00919. The predicted octanol–water partition coefficient (Wildman–Crippen LogP) is 4.82. The van der Waals surface area contributed by atoms with Crippen LogP contribution in [-0.4, -0.2) is 10.4 Å². The summed E-state index contributed by atoms with van der Waals surface area (Å²) in [6.45, 7) is 6.29. The zero-order valence-corrected chi connectivity index (χ0v) is 16.3. The molecule has 1 heterocycles. The lowest BCUT2D eigenvalue weighted by molar-refractivity contribution is -0.121. The molecule has 1 aromatic heterocycles. The van der Waals surface area contributed by atoms with E-state index in [-0.39, 0.29) is 16.9 Å². The van der Waals surface area contributed by atoms with E-state index in [0.29, 0.717) is 24.5 Å². The number of hydrogen-bond donors (Lipinski definition) is 0. The van der Waals surface area contributed by atoms with Gasteiger partial charge in [0.15, 0.2) is 0 Å². The summed E-state index contributed by atoms with van der Waals surface area (Å²) in [5, 5.41) is 0. The lowest BCUT2D eigenvalue weighted by atomic mass is 9.75. The van der Waals surface area contributed by atoms with Crippen LogP contribution in [0, 0.1) is 11.3 Å². The number of carbonyl (C=O) groups is 1. The zero-order valence-electron chi connectivity index (χ0n) is 14.7. The van der Waals surface area contributed by atoms with Gasteiger partial charge in [0.2, 0.25) is 0 Å². The molecule has 3 nitrogen and oxygen atoms in total. The number of Topliss-reactive ketones (excluding diaryl/α,β-unsaturated/α-hetero) is 1. The molecule has 1 aliphatic carbocycles. The van der Waals surface area contributed by atoms with Crippen LogP contribution in [0.25, 0.3) is 0 Å². The van der Waals surface area contributed by atoms with Gasteiger partial charge >= 0.3 is 0 Å². The highest BCUT2D eigenvalue weighted by molar-refractivity contribution is 9.10. The van der Waals surface area contributed by atoms with Crippen LogP contribution in [0.1, 0.15) is 70.8 Å². The molecule has 1 aliphatic rings. The third kappa shape index (κ3) is 5.30. The van der Waals surface area contributed by atoms with Gasteiger partial charge < -0.3 is 4.57 Å². The van der Waals surface area contributed by atoms with Crippen LogP contribution in [0.5, 0.6) is 0 Å². The molecular weight excluding hydrogens is 354 g/mol. The average molecular weight is 382 g/mol. The Morgan fingerprint density at radius 2 is 2.04 bits per heavy atom. The van der Waals surface area contributed by atoms with Crippen LogP contribution in [-0.2, 0) is 11.8 Å². The normalized spacial score (nSPS) is 16.9. The van der Waals surface area contributed by atoms with Crippen molar-refractivity contribution in [3.8, 4) is 0 Å². The molecule has 0 amide bonds. The summed E-state index contributed by atoms with van der Waals surface area (Å²) in [5.74, 6) is 1.16. The number of pyridine rings is 1. The van der Waals surface area contributed by atoms with Crippen molar-refractivity contribution >= 4 is 21.7 Å². The molecule has 0 bridgehead atoms. The standard InChI is InChI=1S/C19H28BrNO2/c1-19(2,3)11-15(22)9-14(8-13-6-5-7-13)16-10-18(23)21(4)12-17(16)20/h10,12-14H,5-9,11H2,1-4H3. The van der Waals surface area contributed by atoms with Gasteiger partial charge in [0.05, 0.1) is 0 Å². The zero-order chi connectivity index (χ0) is 17.2. The maximum atomic E-state index is 12.5. The maximum absolute atomic E-state index is 12.5. The van der Waals surface area contributed by atoms with Gasteiger partial charge in [-0.15, -0.1) is 0 Å². The largest absolute Gasteiger partial charge is 0.317 e. The highest BCUT2D eigenvalue weighted by Gasteiger charge is 2.27. The van der Waals surface area contributed by atoms with E-state index in [1.165, 1.54) is 19.3 Å². The smallest absolute Gasteiger partial charge is 0.250 e. The van der Waals surface area contributed by atoms with Gasteiger partial charge in [0.1, 0.15) is 5.78 Å². The van der Waals surface area contributed by atoms with Crippen LogP contribution in [0.4, 0.5) is 0 Å². The second-order valence-electron chi connectivity index (χ2n) is 8.24. The van der Waals surface area contributed by atoms with Crippen molar-refractivity contribution in [2.24, 2.45) is 18.4 Å². The number of carbonyl (C=O) groups excluding carboxylic acids is 1. The monoisotopic (exact) mass is 381 g/mol. The lowest BCUT2D eigenvalue weighted by Gasteiger charge is -2.30. The Morgan fingerprint density at radius 3 is 2.57 bits per heavy atom. The molecule has 23 heavy (non-hydrogen) atoms. The van der Waals surface area contributed by atoms with Gasteiger partial charge in [0, 0.05) is 36.6 Å². The van der Waals surface area contributed by atoms with Crippen molar-refractivity contribution in [3.05, 3.63) is 32.7 Å². The first-order valence-electron chi connectivity index (χ1n) is 8.53. The third-order valence-corrected chi connectivity index (χ3v) is 5.36. The number of rotatable bonds is 6. The molecule has 0 N–H and O–H groups in total. The van der Waals surface area contributed by atoms with Crippen molar-refractivity contribution in [1.82, 2.24) is 4.57 Å². The maximum Gasteiger partial charge on any atom is 0.250 e. The van der Waals surface area contributed by atoms with Gasteiger partial charge in [-0.05, 0) is 45.2 Å². The molecule has 2 rings (SSSR count). The average Bonchev–Trinajstić information content (AvgIpc) is 2.34. The minimum Gasteiger partial charge on any atom is -0.317 e. The van der Waals surface area contributed by atoms with Gasteiger partial charge in [-0.25, -0.2) is 0 Å². The second kappa shape index (κ2) is 7.33. The molecular formula is C19H28BrNO2. The van der Waals surface area contributed by atoms with Gasteiger partial charge in [-0.1, -0.05) is 40.0 Å². The summed E-state index contributed by atoms with van der Waals surface area (Å²) in [6.07, 6.45) is 7.78. The Kier molecular flexibility index (Phi) is 5.88. The van der Waals surface area contributed by atoms with Crippen LogP contribution in [0.2, 0.25) is 0 Å². The molecule has 0 aliphatic heterocycles. The van der Waals surface area contributed by atoms with Crippen molar-refractivity contribution in [2.75, 3.05) is 0 Å². The van der Waals surface area contributed by atoms with E-state index >= 15 is 0 Å². The highest BCUT2D eigenvalue weighted by atomic mass is 79.9. The molecule has 0 aromatic carbocycles. The van der Waals surface area contributed by atoms with E-state index in [9.17, 15) is 9.59 Å². The number of ketones is 1. The Hall–Kier alpha value is -0.900. The second-order valence-corrected chi connectivity index (χ2v) is 9.09. The quantitative estimate of drug-likeness (QED) is 0.708. The van der Waals surface area contributed by atoms with Crippen LogP contribution in [0.3, 0.4) is 0 Å². The summed E-state index contributed by atoms with van der Waals surface area (Å²) in [7, 11) is 1.75. The van der Waals surface area contributed by atoms with Crippen LogP contribution >= 0.6 is 15.9 Å². The fourth-order valence-electron chi connectivity index (χ4n) is 3.31. The molecule has 1 fully saturated rings. The minimum atomic E-state index is -0.00919. The van der Waals surface area contributed by atoms with Crippen molar-refractivity contribution < 1.29 is 4.79 Å². The Morgan fingerprint density at radius 1 is 1.39 bits per heavy atom. The predicted molar refractivity (Wildman–Crippen MR) is 97.8 cm³/mol. The summed E-state index contributed by atoms with van der Waals surface area (Å²) in [5.41, 5.74) is 1.01. The van der Waals surface area contributed by atoms with Crippen LogP contribution in [0.15, 0.2) is 21.5 Å². The van der Waals surface area contributed by atoms with E-state index in [0.717, 1.165) is 16.5 Å². The number of nitrogens with zero attached hydrogens (tertiary/aromatic N) is 1. The van der Waals surface area contributed by atoms with E-state index in [1.54, 1.807) is 17.7 Å². The Labute approximate surface area is 147 Å². The highest BCUT2D eigenvalue weighted by Crippen LogP contribution is 2.39. The molecule has 1 unspecified atom stereocenters. The molecule has 1 aromatic rings. The van der Waals surface area contributed by atoms with E-state index in [1.807, 2.05) is 6.20 Å². The molecule has 0 spiro atoms. The first-order chi connectivity index (χ1) is 10.7. The summed E-state index contributed by atoms with van der Waals surface area (Å²) in [6, 6.07) is 1.71. The van der Waals surface area contributed by atoms with Crippen LogP contribution < -0.4 is 5.56 Å². The Bertz CT molecular complexity index is 623. The molecule has 1 atom stereocenters. The van der Waals surface area contributed by atoms with E-state index in [4.69, 9.17) is 0 Å². The SMILES string of the molecule is Cn1cc(Br)c(C(CC(=O)CC(C)(C)C)CC2CCC2)cc1=O. The van der Waals surface area contributed by atoms with E-state index in [2.05, 4.69) is 36.7 Å². The molecule has 1 saturated carbocycles. The van der Waals surface area contributed by atoms with Gasteiger partial charge in [-0.2, -0.15) is 0 Å². The molecule has 0 radical (unpaired) electrons. The lowest BCUT2D eigenvalue weighted by Crippen LogP contribution is -2.22. The number of aryl methyl sites for hydroxylation is 1. The Balaban J connectivity index is 2.21. The fourth-order valence-corrected chi connectivity index (χ4v) is 4.06. The number of hydrogen-bond acceptors (Lipinski definition) is 2. The molecule has 0 saturated heterocycles. The van der Waals surface area contributed by atoms with Crippen molar-refractivity contribution in [1.29, 1.82) is 0 Å². The van der Waals surface area contributed by atoms with Gasteiger partial charge in [-0.3, -0.25) is 9.59 Å². The third-order valence-electron chi connectivity index (χ3n) is 4.69. The first-order valence-corrected chi connectivity index (χ1v) is 9.33. The van der Waals surface area contributed by atoms with E-state index < -0.39 is 0 Å². The fraction of sp³-hybridized carbons (Fsp3) is 0.684. The number of halogens is 1. The molecule has 128 valence electrons. The summed E-state index contributed by atoms with van der Waals surface area (Å²) < 4.78 is 2.51. The van der Waals surface area contributed by atoms with Crippen molar-refractivity contribution in [3.63, 3.8) is 0 Å².